The van der Waals surface area contributed by atoms with Gasteiger partial charge in [0.1, 0.15) is 11.1 Å². The minimum absolute atomic E-state index is 0.794. The minimum Gasteiger partial charge on any atom is -0.240 e. The molecule has 0 saturated heterocycles. The summed E-state index contributed by atoms with van der Waals surface area (Å²) >= 11 is 1.68. The Hall–Kier alpha value is -2.57. The molecule has 1 aliphatic rings. The molecule has 4 rings (SSSR count). The smallest absolute Gasteiger partial charge is 0.115 e. The Labute approximate surface area is 171 Å². The normalized spacial score (nSPS) is 13.0. The van der Waals surface area contributed by atoms with E-state index in [-0.39, 0.29) is 0 Å². The third-order valence-corrected chi connectivity index (χ3v) is 6.46. The number of thioether (sulfide) groups is 1. The molecule has 0 atom stereocenters. The molecule has 0 unspecified atom stereocenters. The van der Waals surface area contributed by atoms with Crippen LogP contribution in [0.1, 0.15) is 46.2 Å². The van der Waals surface area contributed by atoms with Crippen LogP contribution in [-0.2, 0) is 18.6 Å². The molecule has 0 N–H and O–H groups in total. The summed E-state index contributed by atoms with van der Waals surface area (Å²) in [5, 5.41) is 10.8. The van der Waals surface area contributed by atoms with Crippen molar-refractivity contribution in [1.82, 2.24) is 4.98 Å². The van der Waals surface area contributed by atoms with Crippen molar-refractivity contribution in [1.29, 1.82) is 5.26 Å². The summed E-state index contributed by atoms with van der Waals surface area (Å²) in [5.41, 5.74) is 9.31. The van der Waals surface area contributed by atoms with Gasteiger partial charge in [0.15, 0.2) is 0 Å². The van der Waals surface area contributed by atoms with Crippen molar-refractivity contribution >= 4 is 11.8 Å². The zero-order chi connectivity index (χ0) is 19.5. The van der Waals surface area contributed by atoms with Gasteiger partial charge in [0.2, 0.25) is 0 Å². The van der Waals surface area contributed by atoms with Gasteiger partial charge < -0.3 is 0 Å². The molecular formula is C25H24N2S. The van der Waals surface area contributed by atoms with Crippen LogP contribution in [0.15, 0.2) is 53.6 Å². The maximum Gasteiger partial charge on any atom is 0.115 e. The van der Waals surface area contributed by atoms with Crippen molar-refractivity contribution in [3.63, 3.8) is 0 Å². The SMILES string of the molecule is Cc1ccc(CSc2nc(-c3ccc(C)cc3)c3c(c2C#N)CCCC3)cc1. The summed E-state index contributed by atoms with van der Waals surface area (Å²) in [6.07, 6.45) is 4.33. The lowest BCUT2D eigenvalue weighted by molar-refractivity contribution is 0.677. The first-order valence-electron chi connectivity index (χ1n) is 9.87. The van der Waals surface area contributed by atoms with Crippen LogP contribution in [0.3, 0.4) is 0 Å². The van der Waals surface area contributed by atoms with Crippen LogP contribution in [0.2, 0.25) is 0 Å². The number of fused-ring (bicyclic) bond motifs is 1. The number of hydrogen-bond donors (Lipinski definition) is 0. The van der Waals surface area contributed by atoms with Crippen molar-refractivity contribution in [2.75, 3.05) is 0 Å². The molecule has 0 bridgehead atoms. The Morgan fingerprint density at radius 1 is 0.893 bits per heavy atom. The Morgan fingerprint density at radius 3 is 2.14 bits per heavy atom. The van der Waals surface area contributed by atoms with Crippen LogP contribution in [0.5, 0.6) is 0 Å². The summed E-state index contributed by atoms with van der Waals surface area (Å²) < 4.78 is 0. The number of nitrogens with zero attached hydrogens (tertiary/aromatic N) is 2. The first-order chi connectivity index (χ1) is 13.7. The molecule has 1 aromatic heterocycles. The maximum absolute atomic E-state index is 9.90. The zero-order valence-corrected chi connectivity index (χ0v) is 17.3. The predicted molar refractivity (Wildman–Crippen MR) is 117 cm³/mol. The van der Waals surface area contributed by atoms with E-state index in [4.69, 9.17) is 4.98 Å². The van der Waals surface area contributed by atoms with Crippen molar-refractivity contribution in [3.8, 4) is 17.3 Å². The summed E-state index contributed by atoms with van der Waals surface area (Å²) in [7, 11) is 0. The fraction of sp³-hybridized carbons (Fsp3) is 0.280. The van der Waals surface area contributed by atoms with Crippen LogP contribution in [0, 0.1) is 25.2 Å². The lowest BCUT2D eigenvalue weighted by Gasteiger charge is -2.22. The fourth-order valence-electron chi connectivity index (χ4n) is 3.80. The molecule has 2 aromatic carbocycles. The van der Waals surface area contributed by atoms with Gasteiger partial charge in [0.05, 0.1) is 11.3 Å². The van der Waals surface area contributed by atoms with E-state index in [0.717, 1.165) is 46.9 Å². The highest BCUT2D eigenvalue weighted by Gasteiger charge is 2.23. The topological polar surface area (TPSA) is 36.7 Å². The fourth-order valence-corrected chi connectivity index (χ4v) is 4.77. The number of benzene rings is 2. The minimum atomic E-state index is 0.794. The second-order valence-corrected chi connectivity index (χ2v) is 8.52. The van der Waals surface area contributed by atoms with E-state index < -0.39 is 0 Å². The van der Waals surface area contributed by atoms with E-state index in [9.17, 15) is 5.26 Å². The van der Waals surface area contributed by atoms with E-state index in [2.05, 4.69) is 68.4 Å². The summed E-state index contributed by atoms with van der Waals surface area (Å²) in [4.78, 5) is 5.03. The highest BCUT2D eigenvalue weighted by molar-refractivity contribution is 7.98. The summed E-state index contributed by atoms with van der Waals surface area (Å²) in [6, 6.07) is 19.7. The van der Waals surface area contributed by atoms with Gasteiger partial charge in [0.25, 0.3) is 0 Å². The van der Waals surface area contributed by atoms with E-state index in [1.165, 1.54) is 34.2 Å². The third kappa shape index (κ3) is 3.84. The highest BCUT2D eigenvalue weighted by Crippen LogP contribution is 2.37. The van der Waals surface area contributed by atoms with Crippen molar-refractivity contribution in [3.05, 3.63) is 81.9 Å². The molecule has 0 aliphatic heterocycles. The van der Waals surface area contributed by atoms with Gasteiger partial charge in [-0.1, -0.05) is 59.7 Å². The van der Waals surface area contributed by atoms with Crippen LogP contribution in [0.25, 0.3) is 11.3 Å². The van der Waals surface area contributed by atoms with Gasteiger partial charge in [-0.3, -0.25) is 0 Å². The Morgan fingerprint density at radius 2 is 1.50 bits per heavy atom. The van der Waals surface area contributed by atoms with Crippen LogP contribution < -0.4 is 0 Å². The number of aromatic nitrogens is 1. The average Bonchev–Trinajstić information content (AvgIpc) is 2.73. The zero-order valence-electron chi connectivity index (χ0n) is 16.5. The first-order valence-corrected chi connectivity index (χ1v) is 10.9. The van der Waals surface area contributed by atoms with Gasteiger partial charge >= 0.3 is 0 Å². The Balaban J connectivity index is 1.76. The lowest BCUT2D eigenvalue weighted by atomic mass is 9.86. The number of aryl methyl sites for hydroxylation is 2. The molecule has 140 valence electrons. The molecule has 0 fully saturated rings. The van der Waals surface area contributed by atoms with Crippen LogP contribution in [0.4, 0.5) is 0 Å². The standard InChI is InChI=1S/C25H24N2S/c1-17-7-11-19(12-8-17)16-28-25-23(15-26)21-5-3-4-6-22(21)24(27-25)20-13-9-18(2)10-14-20/h7-14H,3-6,16H2,1-2H3. The van der Waals surface area contributed by atoms with Gasteiger partial charge in [0, 0.05) is 11.3 Å². The first kappa shape index (κ1) is 18.8. The number of hydrogen-bond acceptors (Lipinski definition) is 3. The maximum atomic E-state index is 9.90. The number of rotatable bonds is 4. The largest absolute Gasteiger partial charge is 0.240 e. The molecule has 3 aromatic rings. The lowest BCUT2D eigenvalue weighted by Crippen LogP contribution is -2.10. The predicted octanol–water partition coefficient (Wildman–Crippen LogP) is 6.41. The molecule has 2 nitrogen and oxygen atoms in total. The Bertz CT molecular complexity index is 1030. The molecule has 0 saturated carbocycles. The van der Waals surface area contributed by atoms with Gasteiger partial charge in [-0.25, -0.2) is 4.98 Å². The molecule has 28 heavy (non-hydrogen) atoms. The van der Waals surface area contributed by atoms with E-state index in [1.54, 1.807) is 11.8 Å². The second-order valence-electron chi connectivity index (χ2n) is 7.56. The molecule has 0 amide bonds. The van der Waals surface area contributed by atoms with E-state index >= 15 is 0 Å². The molecule has 0 spiro atoms. The quantitative estimate of drug-likeness (QED) is 0.488. The van der Waals surface area contributed by atoms with Gasteiger partial charge in [-0.2, -0.15) is 5.26 Å². The summed E-state index contributed by atoms with van der Waals surface area (Å²) in [6.45, 7) is 4.21. The number of pyridine rings is 1. The molecular weight excluding hydrogens is 360 g/mol. The average molecular weight is 385 g/mol. The van der Waals surface area contributed by atoms with Crippen LogP contribution in [-0.4, -0.2) is 4.98 Å². The molecule has 3 heteroatoms. The molecule has 1 aliphatic carbocycles. The monoisotopic (exact) mass is 384 g/mol. The highest BCUT2D eigenvalue weighted by atomic mass is 32.2. The van der Waals surface area contributed by atoms with E-state index in [0.29, 0.717) is 0 Å². The van der Waals surface area contributed by atoms with Crippen molar-refractivity contribution in [2.24, 2.45) is 0 Å². The van der Waals surface area contributed by atoms with Crippen molar-refractivity contribution in [2.45, 2.75) is 50.3 Å². The summed E-state index contributed by atoms with van der Waals surface area (Å²) in [5.74, 6) is 0.827. The number of nitriles is 1. The second kappa shape index (κ2) is 8.20. The third-order valence-electron chi connectivity index (χ3n) is 5.42. The van der Waals surface area contributed by atoms with Crippen molar-refractivity contribution < 1.29 is 0 Å². The molecule has 0 radical (unpaired) electrons. The van der Waals surface area contributed by atoms with Gasteiger partial charge in [-0.05, 0) is 56.2 Å². The Kier molecular flexibility index (Phi) is 5.50. The van der Waals surface area contributed by atoms with E-state index in [1.807, 2.05) is 0 Å². The van der Waals surface area contributed by atoms with Gasteiger partial charge in [-0.15, -0.1) is 11.8 Å². The molecule has 1 heterocycles. The van der Waals surface area contributed by atoms with Crippen LogP contribution >= 0.6 is 11.8 Å².